The van der Waals surface area contributed by atoms with E-state index in [0.29, 0.717) is 6.04 Å². The van der Waals surface area contributed by atoms with E-state index in [1.165, 1.54) is 42.0 Å². The smallest absolute Gasteiger partial charge is 0.0360 e. The number of rotatable bonds is 4. The van der Waals surface area contributed by atoms with Crippen molar-refractivity contribution >= 4 is 10.8 Å². The van der Waals surface area contributed by atoms with E-state index in [0.717, 1.165) is 24.3 Å². The number of aromatic nitrogens is 1. The summed E-state index contributed by atoms with van der Waals surface area (Å²) in [5.41, 5.74) is 1.48. The van der Waals surface area contributed by atoms with Crippen molar-refractivity contribution < 1.29 is 0 Å². The van der Waals surface area contributed by atoms with E-state index in [4.69, 9.17) is 0 Å². The maximum Gasteiger partial charge on any atom is 0.0360 e. The maximum atomic E-state index is 4.27. The molecular formula is C19H24N2. The van der Waals surface area contributed by atoms with Crippen molar-refractivity contribution in [3.05, 3.63) is 42.2 Å². The molecule has 3 unspecified atom stereocenters. The van der Waals surface area contributed by atoms with Crippen LogP contribution >= 0.6 is 0 Å². The zero-order valence-electron chi connectivity index (χ0n) is 12.8. The minimum Gasteiger partial charge on any atom is -0.310 e. The second-order valence-corrected chi connectivity index (χ2v) is 6.67. The predicted molar refractivity (Wildman–Crippen MR) is 87.1 cm³/mol. The molecule has 0 amide bonds. The SMILES string of the molecule is CCNC(c1cccc2cnccc12)C1C2CCCCC21. The molecule has 0 radical (unpaired) electrons. The molecule has 2 aromatic rings. The highest BCUT2D eigenvalue weighted by Crippen LogP contribution is 2.60. The van der Waals surface area contributed by atoms with Crippen molar-refractivity contribution in [2.75, 3.05) is 6.54 Å². The lowest BCUT2D eigenvalue weighted by Gasteiger charge is -2.21. The van der Waals surface area contributed by atoms with Gasteiger partial charge in [-0.2, -0.15) is 0 Å². The van der Waals surface area contributed by atoms with Crippen LogP contribution in [-0.4, -0.2) is 11.5 Å². The molecule has 0 saturated heterocycles. The van der Waals surface area contributed by atoms with Gasteiger partial charge in [-0.05, 0) is 54.2 Å². The molecule has 2 aliphatic carbocycles. The first-order chi connectivity index (χ1) is 10.4. The van der Waals surface area contributed by atoms with Gasteiger partial charge in [-0.15, -0.1) is 0 Å². The van der Waals surface area contributed by atoms with E-state index in [1.54, 1.807) is 0 Å². The minimum absolute atomic E-state index is 0.522. The Labute approximate surface area is 127 Å². The zero-order chi connectivity index (χ0) is 14.2. The summed E-state index contributed by atoms with van der Waals surface area (Å²) in [6.07, 6.45) is 9.69. The van der Waals surface area contributed by atoms with E-state index in [-0.39, 0.29) is 0 Å². The third-order valence-electron chi connectivity index (χ3n) is 5.58. The van der Waals surface area contributed by atoms with Crippen LogP contribution in [0.3, 0.4) is 0 Å². The molecule has 1 aromatic carbocycles. The molecule has 4 rings (SSSR count). The predicted octanol–water partition coefficient (Wildman–Crippen LogP) is 4.32. The highest BCUT2D eigenvalue weighted by molar-refractivity contribution is 5.85. The highest BCUT2D eigenvalue weighted by atomic mass is 14.9. The summed E-state index contributed by atoms with van der Waals surface area (Å²) >= 11 is 0. The number of hydrogen-bond donors (Lipinski definition) is 1. The first kappa shape index (κ1) is 13.3. The van der Waals surface area contributed by atoms with Crippen LogP contribution in [0.4, 0.5) is 0 Å². The fourth-order valence-corrected chi connectivity index (χ4v) is 4.63. The number of pyridine rings is 1. The number of fused-ring (bicyclic) bond motifs is 2. The first-order valence-electron chi connectivity index (χ1n) is 8.46. The van der Waals surface area contributed by atoms with Crippen molar-refractivity contribution in [3.8, 4) is 0 Å². The number of nitrogens with zero attached hydrogens (tertiary/aromatic N) is 1. The lowest BCUT2D eigenvalue weighted by molar-refractivity contribution is 0.459. The summed E-state index contributed by atoms with van der Waals surface area (Å²) in [7, 11) is 0. The average Bonchev–Trinajstić information content (AvgIpc) is 3.26. The van der Waals surface area contributed by atoms with Crippen molar-refractivity contribution in [3.63, 3.8) is 0 Å². The van der Waals surface area contributed by atoms with E-state index in [9.17, 15) is 0 Å². The molecule has 1 heterocycles. The van der Waals surface area contributed by atoms with Gasteiger partial charge in [0, 0.05) is 23.8 Å². The number of nitrogens with one attached hydrogen (secondary N) is 1. The zero-order valence-corrected chi connectivity index (χ0v) is 12.8. The molecule has 110 valence electrons. The molecule has 1 N–H and O–H groups in total. The summed E-state index contributed by atoms with van der Waals surface area (Å²) in [4.78, 5) is 4.27. The Morgan fingerprint density at radius 2 is 2.00 bits per heavy atom. The third-order valence-corrected chi connectivity index (χ3v) is 5.58. The lowest BCUT2D eigenvalue weighted by atomic mass is 9.95. The van der Waals surface area contributed by atoms with Crippen LogP contribution < -0.4 is 5.32 Å². The second-order valence-electron chi connectivity index (χ2n) is 6.67. The van der Waals surface area contributed by atoms with Crippen LogP contribution in [0, 0.1) is 17.8 Å². The summed E-state index contributed by atoms with van der Waals surface area (Å²) in [5, 5.41) is 6.43. The standard InChI is InChI=1S/C19H24N2/c1-2-21-19(18-15-7-3-4-8-16(15)18)17-9-5-6-13-12-20-11-10-14(13)17/h5-6,9-12,15-16,18-19,21H,2-4,7-8H2,1H3. The fourth-order valence-electron chi connectivity index (χ4n) is 4.63. The van der Waals surface area contributed by atoms with Gasteiger partial charge in [-0.25, -0.2) is 0 Å². The van der Waals surface area contributed by atoms with Crippen LogP contribution in [0.25, 0.3) is 10.8 Å². The van der Waals surface area contributed by atoms with Gasteiger partial charge in [-0.1, -0.05) is 38.0 Å². The van der Waals surface area contributed by atoms with Gasteiger partial charge < -0.3 is 5.32 Å². The molecule has 3 atom stereocenters. The maximum absolute atomic E-state index is 4.27. The highest BCUT2D eigenvalue weighted by Gasteiger charge is 2.54. The molecule has 0 aliphatic heterocycles. The normalized spacial score (nSPS) is 29.1. The van der Waals surface area contributed by atoms with Crippen LogP contribution in [0.15, 0.2) is 36.7 Å². The largest absolute Gasteiger partial charge is 0.310 e. The van der Waals surface area contributed by atoms with Crippen molar-refractivity contribution in [2.24, 2.45) is 17.8 Å². The van der Waals surface area contributed by atoms with Gasteiger partial charge >= 0.3 is 0 Å². The molecule has 0 spiro atoms. The molecule has 2 aliphatic rings. The Bertz CT molecular complexity index is 619. The molecular weight excluding hydrogens is 256 g/mol. The molecule has 2 saturated carbocycles. The van der Waals surface area contributed by atoms with Crippen LogP contribution in [0.5, 0.6) is 0 Å². The topological polar surface area (TPSA) is 24.9 Å². The monoisotopic (exact) mass is 280 g/mol. The number of benzene rings is 1. The van der Waals surface area contributed by atoms with Crippen molar-refractivity contribution in [1.29, 1.82) is 0 Å². The molecule has 0 bridgehead atoms. The van der Waals surface area contributed by atoms with Gasteiger partial charge in [-0.3, -0.25) is 4.98 Å². The van der Waals surface area contributed by atoms with Crippen LogP contribution in [-0.2, 0) is 0 Å². The molecule has 21 heavy (non-hydrogen) atoms. The van der Waals surface area contributed by atoms with Gasteiger partial charge in [0.05, 0.1) is 0 Å². The Hall–Kier alpha value is -1.41. The molecule has 2 heteroatoms. The van der Waals surface area contributed by atoms with E-state index in [2.05, 4.69) is 41.5 Å². The molecule has 2 nitrogen and oxygen atoms in total. The Morgan fingerprint density at radius 1 is 1.19 bits per heavy atom. The summed E-state index contributed by atoms with van der Waals surface area (Å²) in [5.74, 6) is 2.80. The van der Waals surface area contributed by atoms with Crippen LogP contribution in [0.1, 0.15) is 44.2 Å². The summed E-state index contributed by atoms with van der Waals surface area (Å²) < 4.78 is 0. The van der Waals surface area contributed by atoms with Gasteiger partial charge in [0.25, 0.3) is 0 Å². The Balaban J connectivity index is 1.73. The van der Waals surface area contributed by atoms with Gasteiger partial charge in [0.2, 0.25) is 0 Å². The quantitative estimate of drug-likeness (QED) is 0.902. The van der Waals surface area contributed by atoms with E-state index >= 15 is 0 Å². The Kier molecular flexibility index (Phi) is 3.42. The van der Waals surface area contributed by atoms with Crippen molar-refractivity contribution in [1.82, 2.24) is 10.3 Å². The Morgan fingerprint density at radius 3 is 2.76 bits per heavy atom. The third kappa shape index (κ3) is 2.26. The van der Waals surface area contributed by atoms with Gasteiger partial charge in [0.15, 0.2) is 0 Å². The fraction of sp³-hybridized carbons (Fsp3) is 0.526. The summed E-state index contributed by atoms with van der Waals surface area (Å²) in [6.45, 7) is 3.27. The molecule has 2 fully saturated rings. The van der Waals surface area contributed by atoms with E-state index in [1.807, 2.05) is 12.4 Å². The summed E-state index contributed by atoms with van der Waals surface area (Å²) in [6, 6.07) is 9.39. The number of hydrogen-bond acceptors (Lipinski definition) is 2. The lowest BCUT2D eigenvalue weighted by Crippen LogP contribution is -2.24. The van der Waals surface area contributed by atoms with Gasteiger partial charge in [0.1, 0.15) is 0 Å². The van der Waals surface area contributed by atoms with Crippen LogP contribution in [0.2, 0.25) is 0 Å². The second kappa shape index (κ2) is 5.42. The van der Waals surface area contributed by atoms with E-state index < -0.39 is 0 Å². The van der Waals surface area contributed by atoms with Crippen molar-refractivity contribution in [2.45, 2.75) is 38.6 Å². The molecule has 1 aromatic heterocycles. The first-order valence-corrected chi connectivity index (χ1v) is 8.46. The minimum atomic E-state index is 0.522. The average molecular weight is 280 g/mol.